The van der Waals surface area contributed by atoms with Crippen molar-refractivity contribution in [1.29, 1.82) is 0 Å². The van der Waals surface area contributed by atoms with Gasteiger partial charge in [-0.25, -0.2) is 0 Å². The topological polar surface area (TPSA) is 37.3 Å². The Bertz CT molecular complexity index is 183. The zero-order valence-corrected chi connectivity index (χ0v) is 8.86. The number of carbonyl (C=O) groups excluding carboxylic acids is 1. The third-order valence-corrected chi connectivity index (χ3v) is 1.93. The molecular formula is C12H20O2. The second kappa shape index (κ2) is 10.2. The number of hydrogen-bond donors (Lipinski definition) is 1. The van der Waals surface area contributed by atoms with Gasteiger partial charge in [-0.15, -0.1) is 0 Å². The largest absolute Gasteiger partial charge is 0.389 e. The van der Waals surface area contributed by atoms with Crippen molar-refractivity contribution in [3.05, 3.63) is 24.3 Å². The molecule has 0 radical (unpaired) electrons. The number of hydrogen-bond acceptors (Lipinski definition) is 2. The summed E-state index contributed by atoms with van der Waals surface area (Å²) >= 11 is 0. The molecule has 0 spiro atoms. The lowest BCUT2D eigenvalue weighted by molar-refractivity contribution is -0.104. The molecule has 0 aromatic carbocycles. The van der Waals surface area contributed by atoms with E-state index >= 15 is 0 Å². The van der Waals surface area contributed by atoms with E-state index in [1.54, 1.807) is 0 Å². The van der Waals surface area contributed by atoms with Gasteiger partial charge in [-0.1, -0.05) is 38.0 Å². The van der Waals surface area contributed by atoms with Crippen molar-refractivity contribution < 1.29 is 9.90 Å². The summed E-state index contributed by atoms with van der Waals surface area (Å²) in [5.74, 6) is 0. The predicted molar refractivity (Wildman–Crippen MR) is 59.1 cm³/mol. The quantitative estimate of drug-likeness (QED) is 0.280. The predicted octanol–water partition coefficient (Wildman–Crippen LogP) is 2.63. The zero-order valence-electron chi connectivity index (χ0n) is 8.86. The van der Waals surface area contributed by atoms with Crippen LogP contribution < -0.4 is 0 Å². The Balaban J connectivity index is 3.40. The van der Waals surface area contributed by atoms with Crippen LogP contribution in [0.2, 0.25) is 0 Å². The number of rotatable bonds is 8. The molecule has 14 heavy (non-hydrogen) atoms. The van der Waals surface area contributed by atoms with Crippen LogP contribution in [0.1, 0.15) is 39.0 Å². The minimum atomic E-state index is -0.525. The fourth-order valence-electron chi connectivity index (χ4n) is 1.12. The summed E-state index contributed by atoms with van der Waals surface area (Å²) < 4.78 is 0. The molecule has 0 aliphatic rings. The molecule has 1 atom stereocenters. The Kier molecular flexibility index (Phi) is 9.54. The molecule has 0 saturated heterocycles. The van der Waals surface area contributed by atoms with E-state index in [-0.39, 0.29) is 0 Å². The molecule has 0 aliphatic heterocycles. The van der Waals surface area contributed by atoms with Crippen LogP contribution >= 0.6 is 0 Å². The Morgan fingerprint density at radius 1 is 1.29 bits per heavy atom. The third kappa shape index (κ3) is 9.20. The van der Waals surface area contributed by atoms with Gasteiger partial charge >= 0.3 is 0 Å². The molecule has 1 unspecified atom stereocenters. The molecule has 2 nitrogen and oxygen atoms in total. The Labute approximate surface area is 86.3 Å². The summed E-state index contributed by atoms with van der Waals surface area (Å²) in [6.45, 7) is 2.18. The van der Waals surface area contributed by atoms with Crippen molar-refractivity contribution in [2.75, 3.05) is 0 Å². The summed E-state index contributed by atoms with van der Waals surface area (Å²) in [4.78, 5) is 9.94. The maximum Gasteiger partial charge on any atom is 0.142 e. The van der Waals surface area contributed by atoms with Gasteiger partial charge in [0.25, 0.3) is 0 Å². The van der Waals surface area contributed by atoms with Gasteiger partial charge in [0.1, 0.15) is 6.29 Å². The lowest BCUT2D eigenvalue weighted by atomic mass is 10.1. The molecule has 1 N–H and O–H groups in total. The van der Waals surface area contributed by atoms with Crippen LogP contribution in [0.3, 0.4) is 0 Å². The average Bonchev–Trinajstić information content (AvgIpc) is 2.20. The molecule has 0 saturated carbocycles. The molecule has 0 amide bonds. The normalized spacial score (nSPS) is 13.9. The Hall–Kier alpha value is -0.890. The van der Waals surface area contributed by atoms with E-state index in [2.05, 4.69) is 13.0 Å². The van der Waals surface area contributed by atoms with E-state index in [4.69, 9.17) is 0 Å². The second-order valence-electron chi connectivity index (χ2n) is 3.29. The van der Waals surface area contributed by atoms with E-state index in [0.29, 0.717) is 12.7 Å². The second-order valence-corrected chi connectivity index (χ2v) is 3.29. The molecule has 0 rings (SSSR count). The fraction of sp³-hybridized carbons (Fsp3) is 0.583. The van der Waals surface area contributed by atoms with Gasteiger partial charge in [0.05, 0.1) is 6.10 Å². The van der Waals surface area contributed by atoms with Gasteiger partial charge in [0.2, 0.25) is 0 Å². The number of unbranched alkanes of at least 4 members (excludes halogenated alkanes) is 3. The number of aliphatic hydroxyl groups is 1. The first-order chi connectivity index (χ1) is 6.81. The fourth-order valence-corrected chi connectivity index (χ4v) is 1.12. The lowest BCUT2D eigenvalue weighted by Gasteiger charge is -1.98. The molecular weight excluding hydrogens is 176 g/mol. The molecule has 0 aromatic rings. The third-order valence-electron chi connectivity index (χ3n) is 1.93. The minimum absolute atomic E-state index is 0.525. The van der Waals surface area contributed by atoms with E-state index in [9.17, 15) is 9.90 Å². The van der Waals surface area contributed by atoms with Gasteiger partial charge in [-0.05, 0) is 25.3 Å². The molecule has 2 heteroatoms. The van der Waals surface area contributed by atoms with Gasteiger partial charge in [-0.2, -0.15) is 0 Å². The van der Waals surface area contributed by atoms with Gasteiger partial charge in [-0.3, -0.25) is 4.79 Å². The van der Waals surface area contributed by atoms with Crippen molar-refractivity contribution in [3.63, 3.8) is 0 Å². The smallest absolute Gasteiger partial charge is 0.142 e. The summed E-state index contributed by atoms with van der Waals surface area (Å²) in [7, 11) is 0. The van der Waals surface area contributed by atoms with Crippen LogP contribution in [-0.2, 0) is 4.79 Å². The summed E-state index contributed by atoms with van der Waals surface area (Å²) in [5.41, 5.74) is 0. The van der Waals surface area contributed by atoms with Crippen molar-refractivity contribution in [3.8, 4) is 0 Å². The van der Waals surface area contributed by atoms with Crippen LogP contribution in [0.5, 0.6) is 0 Å². The summed E-state index contributed by atoms with van der Waals surface area (Å²) in [6.07, 6.45) is 12.4. The van der Waals surface area contributed by atoms with E-state index in [0.717, 1.165) is 6.42 Å². The number of aliphatic hydroxyl groups excluding tert-OH is 1. The Morgan fingerprint density at radius 2 is 2.07 bits per heavy atom. The standard InChI is InChI=1S/C12H20O2/c1-2-3-4-5-6-7-9-12(14)10-8-11-13/h6-8,10-12,14H,2-5,9H2,1H3/b7-6-,10-8+. The minimum Gasteiger partial charge on any atom is -0.389 e. The first-order valence-corrected chi connectivity index (χ1v) is 5.26. The molecule has 0 aromatic heterocycles. The van der Waals surface area contributed by atoms with Crippen LogP contribution in [0.15, 0.2) is 24.3 Å². The maximum atomic E-state index is 9.94. The Morgan fingerprint density at radius 3 is 2.71 bits per heavy atom. The van der Waals surface area contributed by atoms with E-state index in [1.807, 2.05) is 6.08 Å². The summed E-state index contributed by atoms with van der Waals surface area (Å²) in [6, 6.07) is 0. The van der Waals surface area contributed by atoms with Gasteiger partial charge in [0.15, 0.2) is 0 Å². The number of carbonyl (C=O) groups is 1. The van der Waals surface area contributed by atoms with Crippen LogP contribution in [-0.4, -0.2) is 17.5 Å². The first kappa shape index (κ1) is 13.1. The lowest BCUT2D eigenvalue weighted by Crippen LogP contribution is -1.99. The zero-order chi connectivity index (χ0) is 10.6. The van der Waals surface area contributed by atoms with Crippen molar-refractivity contribution in [2.24, 2.45) is 0 Å². The molecule has 80 valence electrons. The van der Waals surface area contributed by atoms with E-state index < -0.39 is 6.10 Å². The van der Waals surface area contributed by atoms with E-state index in [1.165, 1.54) is 31.4 Å². The highest BCUT2D eigenvalue weighted by Crippen LogP contribution is 2.01. The van der Waals surface area contributed by atoms with Crippen molar-refractivity contribution in [1.82, 2.24) is 0 Å². The highest BCUT2D eigenvalue weighted by Gasteiger charge is 1.93. The van der Waals surface area contributed by atoms with Crippen LogP contribution in [0.4, 0.5) is 0 Å². The number of aldehydes is 1. The highest BCUT2D eigenvalue weighted by molar-refractivity contribution is 5.64. The number of allylic oxidation sites excluding steroid dienone is 2. The first-order valence-electron chi connectivity index (χ1n) is 5.26. The van der Waals surface area contributed by atoms with Crippen molar-refractivity contribution >= 4 is 6.29 Å². The van der Waals surface area contributed by atoms with Crippen LogP contribution in [0, 0.1) is 0 Å². The van der Waals surface area contributed by atoms with Crippen molar-refractivity contribution in [2.45, 2.75) is 45.1 Å². The van der Waals surface area contributed by atoms with Gasteiger partial charge in [0, 0.05) is 0 Å². The van der Waals surface area contributed by atoms with Crippen LogP contribution in [0.25, 0.3) is 0 Å². The molecule has 0 fully saturated rings. The molecule has 0 aliphatic carbocycles. The average molecular weight is 196 g/mol. The maximum absolute atomic E-state index is 9.94. The monoisotopic (exact) mass is 196 g/mol. The van der Waals surface area contributed by atoms with Gasteiger partial charge < -0.3 is 5.11 Å². The molecule has 0 heterocycles. The summed E-state index contributed by atoms with van der Waals surface area (Å²) in [5, 5.41) is 9.29. The SMILES string of the molecule is CCCCC/C=C\CC(O)/C=C/C=O. The highest BCUT2D eigenvalue weighted by atomic mass is 16.3. The molecule has 0 bridgehead atoms.